The van der Waals surface area contributed by atoms with Crippen molar-refractivity contribution in [3.05, 3.63) is 71.0 Å². The van der Waals surface area contributed by atoms with Crippen molar-refractivity contribution in [2.75, 3.05) is 4.72 Å². The first-order valence-corrected chi connectivity index (χ1v) is 10.3. The number of hydrogen-bond acceptors (Lipinski definition) is 4. The smallest absolute Gasteiger partial charge is 0.258 e. The average molecular weight is 398 g/mol. The zero-order chi connectivity index (χ0) is 20.5. The van der Waals surface area contributed by atoms with E-state index >= 15 is 0 Å². The first-order chi connectivity index (χ1) is 13.2. The van der Waals surface area contributed by atoms with Crippen molar-refractivity contribution >= 4 is 26.5 Å². The first kappa shape index (κ1) is 19.7. The number of aromatic nitrogens is 1. The van der Waals surface area contributed by atoms with Crippen LogP contribution in [0.1, 0.15) is 13.8 Å². The fourth-order valence-corrected chi connectivity index (χ4v) is 3.54. The highest BCUT2D eigenvalue weighted by molar-refractivity contribution is 7.95. The van der Waals surface area contributed by atoms with Crippen molar-refractivity contribution in [2.24, 2.45) is 7.05 Å². The van der Waals surface area contributed by atoms with Crippen LogP contribution in [0, 0.1) is 0 Å². The molecule has 0 aliphatic rings. The molecule has 7 heteroatoms. The standard InChI is InChI=1S/C21H22N2O4S/c1-5-28(25,26)22-15-10-11-20(27-14(2)3)18(12-15)19-13-23(4)21(24)17-9-7-6-8-16(17)19/h5-14,22H,1H2,2-4H3. The van der Waals surface area contributed by atoms with Gasteiger partial charge in [-0.15, -0.1) is 0 Å². The Morgan fingerprint density at radius 2 is 1.79 bits per heavy atom. The maximum Gasteiger partial charge on any atom is 0.258 e. The monoisotopic (exact) mass is 398 g/mol. The van der Waals surface area contributed by atoms with E-state index in [1.54, 1.807) is 37.5 Å². The second-order valence-corrected chi connectivity index (χ2v) is 8.32. The van der Waals surface area contributed by atoms with Crippen LogP contribution in [0.2, 0.25) is 0 Å². The summed E-state index contributed by atoms with van der Waals surface area (Å²) in [5.74, 6) is 0.598. The lowest BCUT2D eigenvalue weighted by Gasteiger charge is -2.18. The Kier molecular flexibility index (Phi) is 5.29. The molecule has 3 rings (SSSR count). The van der Waals surface area contributed by atoms with Gasteiger partial charge in [0, 0.05) is 40.9 Å². The van der Waals surface area contributed by atoms with Crippen LogP contribution in [-0.4, -0.2) is 19.1 Å². The minimum atomic E-state index is -3.65. The summed E-state index contributed by atoms with van der Waals surface area (Å²) in [5.41, 5.74) is 1.73. The Bertz CT molecular complexity index is 1210. The molecule has 0 saturated carbocycles. The number of aryl methyl sites for hydroxylation is 1. The number of nitrogens with zero attached hydrogens (tertiary/aromatic N) is 1. The molecule has 1 heterocycles. The van der Waals surface area contributed by atoms with E-state index in [0.29, 0.717) is 22.4 Å². The minimum Gasteiger partial charge on any atom is -0.490 e. The fourth-order valence-electron chi connectivity index (χ4n) is 3.00. The molecular formula is C21H22N2O4S. The zero-order valence-corrected chi connectivity index (χ0v) is 16.8. The SMILES string of the molecule is C=CS(=O)(=O)Nc1ccc(OC(C)C)c(-c2cn(C)c(=O)c3ccccc23)c1. The molecule has 0 saturated heterocycles. The summed E-state index contributed by atoms with van der Waals surface area (Å²) >= 11 is 0. The van der Waals surface area contributed by atoms with Gasteiger partial charge >= 0.3 is 0 Å². The van der Waals surface area contributed by atoms with Crippen LogP contribution in [0.25, 0.3) is 21.9 Å². The van der Waals surface area contributed by atoms with Gasteiger partial charge in [-0.25, -0.2) is 8.42 Å². The lowest BCUT2D eigenvalue weighted by molar-refractivity contribution is 0.243. The summed E-state index contributed by atoms with van der Waals surface area (Å²) in [7, 11) is -1.96. The highest BCUT2D eigenvalue weighted by atomic mass is 32.2. The molecule has 146 valence electrons. The highest BCUT2D eigenvalue weighted by Crippen LogP contribution is 2.36. The number of nitrogens with one attached hydrogen (secondary N) is 1. The molecular weight excluding hydrogens is 376 g/mol. The summed E-state index contributed by atoms with van der Waals surface area (Å²) in [4.78, 5) is 12.5. The summed E-state index contributed by atoms with van der Waals surface area (Å²) in [6.45, 7) is 7.14. The third kappa shape index (κ3) is 3.94. The fraction of sp³-hybridized carbons (Fsp3) is 0.190. The molecule has 2 aromatic carbocycles. The average Bonchev–Trinajstić information content (AvgIpc) is 2.65. The number of pyridine rings is 1. The molecule has 3 aromatic rings. The van der Waals surface area contributed by atoms with E-state index in [0.717, 1.165) is 16.4 Å². The molecule has 1 aromatic heterocycles. The van der Waals surface area contributed by atoms with E-state index in [-0.39, 0.29) is 11.7 Å². The van der Waals surface area contributed by atoms with Gasteiger partial charge in [0.05, 0.1) is 6.10 Å². The van der Waals surface area contributed by atoms with Crippen molar-refractivity contribution in [3.63, 3.8) is 0 Å². The zero-order valence-electron chi connectivity index (χ0n) is 16.0. The van der Waals surface area contributed by atoms with Crippen LogP contribution in [0.3, 0.4) is 0 Å². The molecule has 0 spiro atoms. The van der Waals surface area contributed by atoms with E-state index in [1.807, 2.05) is 32.0 Å². The van der Waals surface area contributed by atoms with Crippen LogP contribution < -0.4 is 15.0 Å². The Balaban J connectivity index is 2.30. The Hall–Kier alpha value is -3.06. The van der Waals surface area contributed by atoms with Crippen LogP contribution in [0.4, 0.5) is 5.69 Å². The molecule has 1 N–H and O–H groups in total. The first-order valence-electron chi connectivity index (χ1n) is 8.76. The highest BCUT2D eigenvalue weighted by Gasteiger charge is 2.16. The number of ether oxygens (including phenoxy) is 1. The Morgan fingerprint density at radius 3 is 2.43 bits per heavy atom. The molecule has 28 heavy (non-hydrogen) atoms. The van der Waals surface area contributed by atoms with Crippen molar-refractivity contribution in [2.45, 2.75) is 20.0 Å². The third-order valence-corrected chi connectivity index (χ3v) is 5.16. The lowest BCUT2D eigenvalue weighted by atomic mass is 9.99. The van der Waals surface area contributed by atoms with Crippen LogP contribution in [-0.2, 0) is 17.1 Å². The maximum absolute atomic E-state index is 12.5. The van der Waals surface area contributed by atoms with Crippen molar-refractivity contribution in [1.29, 1.82) is 0 Å². The van der Waals surface area contributed by atoms with Gasteiger partial charge in [0.25, 0.3) is 15.6 Å². The summed E-state index contributed by atoms with van der Waals surface area (Å²) in [6.07, 6.45) is 1.66. The second kappa shape index (κ2) is 7.52. The van der Waals surface area contributed by atoms with E-state index in [9.17, 15) is 13.2 Å². The Labute approximate surface area is 164 Å². The molecule has 0 aliphatic heterocycles. The van der Waals surface area contributed by atoms with Gasteiger partial charge in [0.2, 0.25) is 0 Å². The predicted octanol–water partition coefficient (Wildman–Crippen LogP) is 3.88. The van der Waals surface area contributed by atoms with Crippen molar-refractivity contribution in [3.8, 4) is 16.9 Å². The van der Waals surface area contributed by atoms with Gasteiger partial charge in [-0.2, -0.15) is 0 Å². The molecule has 0 atom stereocenters. The number of hydrogen-bond donors (Lipinski definition) is 1. The van der Waals surface area contributed by atoms with Gasteiger partial charge in [-0.05, 0) is 43.5 Å². The van der Waals surface area contributed by atoms with Gasteiger partial charge in [0.15, 0.2) is 0 Å². The van der Waals surface area contributed by atoms with Crippen molar-refractivity contribution in [1.82, 2.24) is 4.57 Å². The van der Waals surface area contributed by atoms with Crippen LogP contribution in [0.5, 0.6) is 5.75 Å². The topological polar surface area (TPSA) is 77.4 Å². The molecule has 0 unspecified atom stereocenters. The third-order valence-electron chi connectivity index (χ3n) is 4.20. The lowest BCUT2D eigenvalue weighted by Crippen LogP contribution is -2.17. The van der Waals surface area contributed by atoms with E-state index in [2.05, 4.69) is 11.3 Å². The van der Waals surface area contributed by atoms with Crippen LogP contribution >= 0.6 is 0 Å². The summed E-state index contributed by atoms with van der Waals surface area (Å²) in [6, 6.07) is 12.4. The Morgan fingerprint density at radius 1 is 1.11 bits per heavy atom. The van der Waals surface area contributed by atoms with Crippen molar-refractivity contribution < 1.29 is 13.2 Å². The summed E-state index contributed by atoms with van der Waals surface area (Å²) in [5, 5.41) is 2.20. The number of benzene rings is 2. The summed E-state index contributed by atoms with van der Waals surface area (Å²) < 4.78 is 33.7. The van der Waals surface area contributed by atoms with Crippen LogP contribution in [0.15, 0.2) is 65.4 Å². The van der Waals surface area contributed by atoms with E-state index < -0.39 is 10.0 Å². The number of fused-ring (bicyclic) bond motifs is 1. The van der Waals surface area contributed by atoms with Gasteiger partial charge < -0.3 is 9.30 Å². The van der Waals surface area contributed by atoms with E-state index in [1.165, 1.54) is 4.57 Å². The molecule has 0 radical (unpaired) electrons. The predicted molar refractivity (Wildman–Crippen MR) is 113 cm³/mol. The van der Waals surface area contributed by atoms with Gasteiger partial charge in [-0.3, -0.25) is 9.52 Å². The molecule has 0 bridgehead atoms. The molecule has 0 aliphatic carbocycles. The molecule has 0 fully saturated rings. The largest absolute Gasteiger partial charge is 0.490 e. The van der Waals surface area contributed by atoms with Gasteiger partial charge in [-0.1, -0.05) is 24.8 Å². The van der Waals surface area contributed by atoms with E-state index in [4.69, 9.17) is 4.74 Å². The molecule has 6 nitrogen and oxygen atoms in total. The minimum absolute atomic E-state index is 0.0757. The number of anilines is 1. The normalized spacial score (nSPS) is 11.6. The number of sulfonamides is 1. The quantitative estimate of drug-likeness (QED) is 0.684. The van der Waals surface area contributed by atoms with Gasteiger partial charge in [0.1, 0.15) is 5.75 Å². The molecule has 0 amide bonds. The second-order valence-electron chi connectivity index (χ2n) is 6.70. The maximum atomic E-state index is 12.5. The number of rotatable bonds is 6.